The van der Waals surface area contributed by atoms with Gasteiger partial charge in [-0.25, -0.2) is 4.98 Å². The fraction of sp³-hybridized carbons (Fsp3) is 0.250. The maximum atomic E-state index is 12.6. The number of thioether (sulfide) groups is 1. The number of amides is 1. The molecule has 0 radical (unpaired) electrons. The van der Waals surface area contributed by atoms with Gasteiger partial charge in [0.25, 0.3) is 5.56 Å². The van der Waals surface area contributed by atoms with Crippen molar-refractivity contribution in [2.45, 2.75) is 24.4 Å². The Labute approximate surface area is 170 Å². The lowest BCUT2D eigenvalue weighted by molar-refractivity contribution is -0.130. The van der Waals surface area contributed by atoms with Crippen LogP contribution in [0.5, 0.6) is 0 Å². The summed E-state index contributed by atoms with van der Waals surface area (Å²) in [5, 5.41) is 0.543. The minimum absolute atomic E-state index is 0.00909. The summed E-state index contributed by atoms with van der Waals surface area (Å²) in [6, 6.07) is 13.6. The first-order valence-corrected chi connectivity index (χ1v) is 10.5. The number of carbonyl (C=O) groups excluding carboxylic acids is 1. The van der Waals surface area contributed by atoms with E-state index in [1.54, 1.807) is 35.8 Å². The van der Waals surface area contributed by atoms with Crippen molar-refractivity contribution in [1.29, 1.82) is 0 Å². The third-order valence-corrected chi connectivity index (χ3v) is 5.59. The second-order valence-corrected chi connectivity index (χ2v) is 8.05. The predicted octanol–water partition coefficient (Wildman–Crippen LogP) is 3.93. The third-order valence-electron chi connectivity index (χ3n) is 4.36. The van der Waals surface area contributed by atoms with Crippen LogP contribution in [0.2, 0.25) is 0 Å². The molecular weight excluding hydrogens is 426 g/mol. The van der Waals surface area contributed by atoms with Crippen LogP contribution in [-0.2, 0) is 17.9 Å². The number of hydrogen-bond acceptors (Lipinski definition) is 4. The van der Waals surface area contributed by atoms with Crippen LogP contribution in [0.1, 0.15) is 12.0 Å². The lowest BCUT2D eigenvalue weighted by Gasteiger charge is -2.18. The van der Waals surface area contributed by atoms with Crippen LogP contribution < -0.4 is 5.56 Å². The smallest absolute Gasteiger partial charge is 0.261 e. The predicted molar refractivity (Wildman–Crippen MR) is 113 cm³/mol. The highest BCUT2D eigenvalue weighted by Crippen LogP contribution is 2.16. The molecule has 2 aromatic carbocycles. The summed E-state index contributed by atoms with van der Waals surface area (Å²) in [7, 11) is 1.78. The molecule has 0 atom stereocenters. The SMILES string of the molecule is CSc1ccc(CN(C)C(=O)CCn2cnc3ccc(Br)cc3c2=O)cc1. The number of fused-ring (bicyclic) bond motifs is 1. The summed E-state index contributed by atoms with van der Waals surface area (Å²) in [5.74, 6) is -0.00909. The number of carbonyl (C=O) groups is 1. The number of aryl methyl sites for hydroxylation is 1. The molecule has 27 heavy (non-hydrogen) atoms. The molecule has 7 heteroatoms. The number of aromatic nitrogens is 2. The maximum absolute atomic E-state index is 12.6. The van der Waals surface area contributed by atoms with E-state index in [1.165, 1.54) is 15.8 Å². The molecule has 0 bridgehead atoms. The summed E-state index contributed by atoms with van der Waals surface area (Å²) in [6.45, 7) is 0.855. The Morgan fingerprint density at radius 3 is 2.67 bits per heavy atom. The van der Waals surface area contributed by atoms with Crippen molar-refractivity contribution < 1.29 is 4.79 Å². The Balaban J connectivity index is 1.65. The third kappa shape index (κ3) is 4.78. The molecule has 0 unspecified atom stereocenters. The van der Waals surface area contributed by atoms with Gasteiger partial charge < -0.3 is 4.90 Å². The Kier molecular flexibility index (Phi) is 6.34. The maximum Gasteiger partial charge on any atom is 0.261 e. The van der Waals surface area contributed by atoms with Gasteiger partial charge in [-0.1, -0.05) is 28.1 Å². The van der Waals surface area contributed by atoms with Crippen LogP contribution in [0.25, 0.3) is 10.9 Å². The molecule has 140 valence electrons. The first-order valence-electron chi connectivity index (χ1n) is 8.49. The molecule has 0 N–H and O–H groups in total. The molecule has 0 fully saturated rings. The van der Waals surface area contributed by atoms with Gasteiger partial charge in [-0.3, -0.25) is 14.2 Å². The number of nitrogens with zero attached hydrogens (tertiary/aromatic N) is 3. The molecule has 0 saturated carbocycles. The van der Waals surface area contributed by atoms with Gasteiger partial charge >= 0.3 is 0 Å². The van der Waals surface area contributed by atoms with Crippen LogP contribution in [-0.4, -0.2) is 33.7 Å². The highest BCUT2D eigenvalue weighted by atomic mass is 79.9. The minimum Gasteiger partial charge on any atom is -0.341 e. The molecule has 3 rings (SSSR count). The second kappa shape index (κ2) is 8.71. The molecule has 0 saturated heterocycles. The van der Waals surface area contributed by atoms with E-state index in [9.17, 15) is 9.59 Å². The van der Waals surface area contributed by atoms with Crippen molar-refractivity contribution in [3.63, 3.8) is 0 Å². The molecule has 1 heterocycles. The minimum atomic E-state index is -0.135. The van der Waals surface area contributed by atoms with E-state index in [2.05, 4.69) is 33.0 Å². The highest BCUT2D eigenvalue weighted by molar-refractivity contribution is 9.10. The number of benzene rings is 2. The molecule has 0 aliphatic heterocycles. The average Bonchev–Trinajstić information content (AvgIpc) is 2.68. The van der Waals surface area contributed by atoms with E-state index >= 15 is 0 Å². The van der Waals surface area contributed by atoms with Gasteiger partial charge in [0.15, 0.2) is 0 Å². The van der Waals surface area contributed by atoms with Crippen LogP contribution in [0.15, 0.2) is 63.0 Å². The lowest BCUT2D eigenvalue weighted by atomic mass is 10.2. The van der Waals surface area contributed by atoms with Gasteiger partial charge in [0.1, 0.15) is 0 Å². The molecule has 1 amide bonds. The second-order valence-electron chi connectivity index (χ2n) is 6.25. The fourth-order valence-electron chi connectivity index (χ4n) is 2.79. The molecule has 0 aliphatic carbocycles. The first-order chi connectivity index (χ1) is 13.0. The van der Waals surface area contributed by atoms with E-state index in [0.29, 0.717) is 24.0 Å². The first kappa shape index (κ1) is 19.6. The standard InChI is InChI=1S/C20H20BrN3O2S/c1-23(12-14-3-6-16(27-2)7-4-14)19(25)9-10-24-13-22-18-8-5-15(21)11-17(18)20(24)26/h3-8,11,13H,9-10,12H2,1-2H3. The van der Waals surface area contributed by atoms with Gasteiger partial charge in [0.05, 0.1) is 17.2 Å². The molecular formula is C20H20BrN3O2S. The number of rotatable bonds is 6. The molecule has 0 spiro atoms. The zero-order chi connectivity index (χ0) is 19.4. The van der Waals surface area contributed by atoms with E-state index in [4.69, 9.17) is 0 Å². The van der Waals surface area contributed by atoms with E-state index in [-0.39, 0.29) is 17.9 Å². The van der Waals surface area contributed by atoms with E-state index in [0.717, 1.165) is 10.0 Å². The summed E-state index contributed by atoms with van der Waals surface area (Å²) >= 11 is 5.06. The van der Waals surface area contributed by atoms with Crippen LogP contribution in [0.4, 0.5) is 0 Å². The van der Waals surface area contributed by atoms with E-state index in [1.807, 2.05) is 24.5 Å². The quantitative estimate of drug-likeness (QED) is 0.539. The molecule has 1 aromatic heterocycles. The van der Waals surface area contributed by atoms with Crippen LogP contribution >= 0.6 is 27.7 Å². The Hall–Kier alpha value is -2.12. The normalized spacial score (nSPS) is 10.9. The van der Waals surface area contributed by atoms with Crippen molar-refractivity contribution in [2.75, 3.05) is 13.3 Å². The van der Waals surface area contributed by atoms with Crippen molar-refractivity contribution in [3.05, 3.63) is 69.2 Å². The summed E-state index contributed by atoms with van der Waals surface area (Å²) in [5.41, 5.74) is 1.60. The highest BCUT2D eigenvalue weighted by Gasteiger charge is 2.11. The van der Waals surface area contributed by atoms with Gasteiger partial charge in [0.2, 0.25) is 5.91 Å². The van der Waals surface area contributed by atoms with E-state index < -0.39 is 0 Å². The topological polar surface area (TPSA) is 55.2 Å². The zero-order valence-corrected chi connectivity index (χ0v) is 17.6. The zero-order valence-electron chi connectivity index (χ0n) is 15.2. The monoisotopic (exact) mass is 445 g/mol. The Morgan fingerprint density at radius 1 is 1.22 bits per heavy atom. The van der Waals surface area contributed by atoms with Gasteiger partial charge in [-0.15, -0.1) is 11.8 Å². The lowest BCUT2D eigenvalue weighted by Crippen LogP contribution is -2.29. The van der Waals surface area contributed by atoms with Gasteiger partial charge in [0, 0.05) is 35.9 Å². The fourth-order valence-corrected chi connectivity index (χ4v) is 3.56. The molecule has 0 aliphatic rings. The summed E-state index contributed by atoms with van der Waals surface area (Å²) < 4.78 is 2.32. The summed E-state index contributed by atoms with van der Waals surface area (Å²) in [4.78, 5) is 32.2. The van der Waals surface area contributed by atoms with Crippen LogP contribution in [0.3, 0.4) is 0 Å². The van der Waals surface area contributed by atoms with Crippen molar-refractivity contribution >= 4 is 44.5 Å². The number of halogens is 1. The van der Waals surface area contributed by atoms with Crippen molar-refractivity contribution in [3.8, 4) is 0 Å². The van der Waals surface area contributed by atoms with Crippen molar-refractivity contribution in [2.24, 2.45) is 0 Å². The van der Waals surface area contributed by atoms with Crippen LogP contribution in [0, 0.1) is 0 Å². The largest absolute Gasteiger partial charge is 0.341 e. The number of hydrogen-bond donors (Lipinski definition) is 0. The van der Waals surface area contributed by atoms with Crippen molar-refractivity contribution in [1.82, 2.24) is 14.5 Å². The van der Waals surface area contributed by atoms with Gasteiger partial charge in [-0.05, 0) is 42.2 Å². The Bertz CT molecular complexity index is 1020. The van der Waals surface area contributed by atoms with Gasteiger partial charge in [-0.2, -0.15) is 0 Å². The summed E-state index contributed by atoms with van der Waals surface area (Å²) in [6.07, 6.45) is 3.79. The molecule has 3 aromatic rings. The molecule has 5 nitrogen and oxygen atoms in total. The Morgan fingerprint density at radius 2 is 1.96 bits per heavy atom. The average molecular weight is 446 g/mol.